The summed E-state index contributed by atoms with van der Waals surface area (Å²) in [6.07, 6.45) is 5.67. The lowest BCUT2D eigenvalue weighted by molar-refractivity contribution is 0.350. The first-order valence-electron chi connectivity index (χ1n) is 6.65. The smallest absolute Gasteiger partial charge is 0.104 e. The van der Waals surface area contributed by atoms with Gasteiger partial charge in [0.1, 0.15) is 6.61 Å². The average Bonchev–Trinajstić information content (AvgIpc) is 2.91. The highest BCUT2D eigenvalue weighted by Gasteiger charge is 2.14. The van der Waals surface area contributed by atoms with Crippen LogP contribution in [0.15, 0.2) is 24.3 Å². The second-order valence-corrected chi connectivity index (χ2v) is 5.81. The van der Waals surface area contributed by atoms with E-state index in [0.717, 1.165) is 17.2 Å². The molecule has 1 aliphatic carbocycles. The molecule has 1 fully saturated rings. The normalized spacial score (nSPS) is 15.4. The van der Waals surface area contributed by atoms with Crippen molar-refractivity contribution in [1.82, 2.24) is 0 Å². The van der Waals surface area contributed by atoms with Crippen LogP contribution in [0.5, 0.6) is 0 Å². The summed E-state index contributed by atoms with van der Waals surface area (Å²) in [6.45, 7) is -0.0659. The predicted octanol–water partition coefficient (Wildman–Crippen LogP) is 3.45. The molecule has 0 aromatic heterocycles. The largest absolute Gasteiger partial charge is 0.384 e. The van der Waals surface area contributed by atoms with Crippen molar-refractivity contribution in [3.63, 3.8) is 0 Å². The molecule has 96 valence electrons. The zero-order valence-corrected chi connectivity index (χ0v) is 11.5. The van der Waals surface area contributed by atoms with E-state index >= 15 is 0 Å². The maximum atomic E-state index is 8.76. The molecule has 0 saturated heterocycles. The second-order valence-electron chi connectivity index (χ2n) is 4.78. The molecule has 18 heavy (non-hydrogen) atoms. The Balaban J connectivity index is 1.87. The Morgan fingerprint density at radius 1 is 1.22 bits per heavy atom. The second kappa shape index (κ2) is 7.51. The molecule has 1 aliphatic rings. The summed E-state index contributed by atoms with van der Waals surface area (Å²) in [5, 5.41) is 8.76. The van der Waals surface area contributed by atoms with E-state index in [0.29, 0.717) is 0 Å². The van der Waals surface area contributed by atoms with Gasteiger partial charge in [-0.2, -0.15) is 11.8 Å². The highest BCUT2D eigenvalue weighted by molar-refractivity contribution is 7.98. The molecule has 0 unspecified atom stereocenters. The van der Waals surface area contributed by atoms with Gasteiger partial charge in [0, 0.05) is 11.3 Å². The maximum absolute atomic E-state index is 8.76. The van der Waals surface area contributed by atoms with Gasteiger partial charge in [-0.3, -0.25) is 0 Å². The summed E-state index contributed by atoms with van der Waals surface area (Å²) in [6, 6.07) is 8.25. The highest BCUT2D eigenvalue weighted by Crippen LogP contribution is 2.29. The van der Waals surface area contributed by atoms with E-state index in [2.05, 4.69) is 24.0 Å². The molecule has 1 aromatic rings. The van der Waals surface area contributed by atoms with Crippen LogP contribution in [0.1, 0.15) is 36.8 Å². The Bertz CT molecular complexity index is 424. The summed E-state index contributed by atoms with van der Waals surface area (Å²) in [7, 11) is 0. The Morgan fingerprint density at radius 3 is 2.78 bits per heavy atom. The fourth-order valence-corrected chi connectivity index (χ4v) is 3.67. The van der Waals surface area contributed by atoms with Crippen LogP contribution in [0.25, 0.3) is 0 Å². The lowest BCUT2D eigenvalue weighted by Gasteiger charge is -2.09. The number of benzene rings is 1. The van der Waals surface area contributed by atoms with Crippen LogP contribution in [0, 0.1) is 17.8 Å². The molecule has 0 radical (unpaired) electrons. The molecule has 1 N–H and O–H groups in total. The van der Waals surface area contributed by atoms with Crippen molar-refractivity contribution in [2.24, 2.45) is 5.92 Å². The lowest BCUT2D eigenvalue weighted by atomic mass is 10.1. The van der Waals surface area contributed by atoms with Crippen LogP contribution in [-0.2, 0) is 5.75 Å². The third-order valence-corrected chi connectivity index (χ3v) is 4.63. The van der Waals surface area contributed by atoms with E-state index < -0.39 is 0 Å². The van der Waals surface area contributed by atoms with Crippen LogP contribution < -0.4 is 0 Å². The average molecular weight is 260 g/mol. The van der Waals surface area contributed by atoms with Gasteiger partial charge < -0.3 is 5.11 Å². The zero-order valence-electron chi connectivity index (χ0n) is 10.7. The topological polar surface area (TPSA) is 20.2 Å². The SMILES string of the molecule is OCC#Cc1ccccc1CSCC1CCCC1. The fraction of sp³-hybridized carbons (Fsp3) is 0.500. The summed E-state index contributed by atoms with van der Waals surface area (Å²) < 4.78 is 0. The molecule has 0 heterocycles. The van der Waals surface area contributed by atoms with Crippen molar-refractivity contribution < 1.29 is 5.11 Å². The zero-order chi connectivity index (χ0) is 12.6. The molecular formula is C16H20OS. The molecule has 0 aliphatic heterocycles. The summed E-state index contributed by atoms with van der Waals surface area (Å²) in [5.74, 6) is 9.01. The van der Waals surface area contributed by atoms with Crippen LogP contribution in [0.2, 0.25) is 0 Å². The summed E-state index contributed by atoms with van der Waals surface area (Å²) in [5.41, 5.74) is 2.35. The molecule has 1 saturated carbocycles. The van der Waals surface area contributed by atoms with Crippen LogP contribution >= 0.6 is 11.8 Å². The molecular weight excluding hydrogens is 240 g/mol. The van der Waals surface area contributed by atoms with E-state index in [4.69, 9.17) is 5.11 Å². The number of rotatable bonds is 4. The molecule has 0 bridgehead atoms. The minimum atomic E-state index is -0.0659. The van der Waals surface area contributed by atoms with Gasteiger partial charge in [0.15, 0.2) is 0 Å². The van der Waals surface area contributed by atoms with Gasteiger partial charge >= 0.3 is 0 Å². The van der Waals surface area contributed by atoms with Gasteiger partial charge in [0.05, 0.1) is 0 Å². The first kappa shape index (κ1) is 13.5. The minimum absolute atomic E-state index is 0.0659. The first-order valence-corrected chi connectivity index (χ1v) is 7.81. The molecule has 1 nitrogen and oxygen atoms in total. The maximum Gasteiger partial charge on any atom is 0.104 e. The van der Waals surface area contributed by atoms with Gasteiger partial charge in [0.25, 0.3) is 0 Å². The van der Waals surface area contributed by atoms with Crippen molar-refractivity contribution >= 4 is 11.8 Å². The van der Waals surface area contributed by atoms with E-state index in [1.807, 2.05) is 23.9 Å². The lowest BCUT2D eigenvalue weighted by Crippen LogP contribution is -1.97. The Kier molecular flexibility index (Phi) is 5.64. The summed E-state index contributed by atoms with van der Waals surface area (Å²) >= 11 is 2.02. The van der Waals surface area contributed by atoms with E-state index in [9.17, 15) is 0 Å². The van der Waals surface area contributed by atoms with Gasteiger partial charge in [-0.1, -0.05) is 42.9 Å². The van der Waals surface area contributed by atoms with Gasteiger partial charge in [-0.05, 0) is 36.1 Å². The monoisotopic (exact) mass is 260 g/mol. The standard InChI is InChI=1S/C16H20OS/c17-11-5-10-15-8-3-4-9-16(15)13-18-12-14-6-1-2-7-14/h3-4,8-9,14,17H,1-2,6-7,11-13H2. The molecule has 2 rings (SSSR count). The van der Waals surface area contributed by atoms with E-state index in [1.165, 1.54) is 37.0 Å². The number of hydrogen-bond donors (Lipinski definition) is 1. The van der Waals surface area contributed by atoms with Crippen LogP contribution in [0.3, 0.4) is 0 Å². The van der Waals surface area contributed by atoms with Crippen molar-refractivity contribution in [3.8, 4) is 11.8 Å². The third kappa shape index (κ3) is 4.08. The molecule has 1 aromatic carbocycles. The predicted molar refractivity (Wildman–Crippen MR) is 78.5 cm³/mol. The fourth-order valence-electron chi connectivity index (χ4n) is 2.42. The Hall–Kier alpha value is -0.910. The number of aliphatic hydroxyl groups excluding tert-OH is 1. The van der Waals surface area contributed by atoms with Gasteiger partial charge in [0.2, 0.25) is 0 Å². The van der Waals surface area contributed by atoms with Crippen molar-refractivity contribution in [3.05, 3.63) is 35.4 Å². The van der Waals surface area contributed by atoms with Crippen molar-refractivity contribution in [2.45, 2.75) is 31.4 Å². The minimum Gasteiger partial charge on any atom is -0.384 e. The van der Waals surface area contributed by atoms with E-state index in [1.54, 1.807) is 0 Å². The molecule has 0 amide bonds. The van der Waals surface area contributed by atoms with Crippen molar-refractivity contribution in [2.75, 3.05) is 12.4 Å². The van der Waals surface area contributed by atoms with E-state index in [-0.39, 0.29) is 6.61 Å². The molecule has 2 heteroatoms. The summed E-state index contributed by atoms with van der Waals surface area (Å²) in [4.78, 5) is 0. The number of hydrogen-bond acceptors (Lipinski definition) is 2. The Morgan fingerprint density at radius 2 is 2.00 bits per heavy atom. The van der Waals surface area contributed by atoms with Crippen LogP contribution in [-0.4, -0.2) is 17.5 Å². The van der Waals surface area contributed by atoms with Gasteiger partial charge in [-0.25, -0.2) is 0 Å². The highest BCUT2D eigenvalue weighted by atomic mass is 32.2. The van der Waals surface area contributed by atoms with Crippen molar-refractivity contribution in [1.29, 1.82) is 0 Å². The molecule has 0 spiro atoms. The Labute approximate surface area is 114 Å². The quantitative estimate of drug-likeness (QED) is 0.837. The third-order valence-electron chi connectivity index (χ3n) is 3.41. The van der Waals surface area contributed by atoms with Crippen LogP contribution in [0.4, 0.5) is 0 Å². The first-order chi connectivity index (χ1) is 8.90. The number of thioether (sulfide) groups is 1. The number of aliphatic hydroxyl groups is 1. The molecule has 0 atom stereocenters. The van der Waals surface area contributed by atoms with Gasteiger partial charge in [-0.15, -0.1) is 0 Å².